The van der Waals surface area contributed by atoms with Crippen LogP contribution in [0.3, 0.4) is 0 Å². The lowest BCUT2D eigenvalue weighted by Crippen LogP contribution is -2.19. The first-order chi connectivity index (χ1) is 6.65. The number of para-hydroxylation sites is 1. The zero-order valence-electron chi connectivity index (χ0n) is 7.71. The highest BCUT2D eigenvalue weighted by molar-refractivity contribution is 7.80. The summed E-state index contributed by atoms with van der Waals surface area (Å²) in [6, 6.07) is 4.52. The number of hydrogen-bond donors (Lipinski definition) is 2. The third kappa shape index (κ3) is 2.56. The van der Waals surface area contributed by atoms with Crippen molar-refractivity contribution in [2.45, 2.75) is 6.92 Å². The SMILES string of the molecule is CCOc1c(F)cccc1NC(N)=S. The molecule has 5 heteroatoms. The molecule has 0 saturated carbocycles. The third-order valence-corrected chi connectivity index (χ3v) is 1.62. The Morgan fingerprint density at radius 3 is 2.93 bits per heavy atom. The second-order valence-corrected chi connectivity index (χ2v) is 2.98. The van der Waals surface area contributed by atoms with Gasteiger partial charge in [0, 0.05) is 0 Å². The summed E-state index contributed by atoms with van der Waals surface area (Å²) in [6.45, 7) is 2.16. The summed E-state index contributed by atoms with van der Waals surface area (Å²) in [5.41, 5.74) is 5.73. The molecule has 0 atom stereocenters. The van der Waals surface area contributed by atoms with E-state index in [0.717, 1.165) is 0 Å². The molecule has 0 amide bonds. The standard InChI is InChI=1S/C9H11FN2OS/c1-2-13-8-6(10)4-3-5-7(8)12-9(11)14/h3-5H,2H2,1H3,(H3,11,12,14). The molecule has 0 aliphatic heterocycles. The quantitative estimate of drug-likeness (QED) is 0.754. The predicted molar refractivity (Wildman–Crippen MR) is 58.0 cm³/mol. The Morgan fingerprint density at radius 1 is 1.64 bits per heavy atom. The molecule has 76 valence electrons. The summed E-state index contributed by atoms with van der Waals surface area (Å²) in [6.07, 6.45) is 0. The van der Waals surface area contributed by atoms with E-state index in [1.165, 1.54) is 6.07 Å². The van der Waals surface area contributed by atoms with Crippen molar-refractivity contribution in [3.63, 3.8) is 0 Å². The van der Waals surface area contributed by atoms with Gasteiger partial charge in [0.15, 0.2) is 16.7 Å². The molecule has 0 aliphatic rings. The molecule has 0 fully saturated rings. The molecular formula is C9H11FN2OS. The first kappa shape index (κ1) is 10.7. The van der Waals surface area contributed by atoms with Gasteiger partial charge in [-0.05, 0) is 31.3 Å². The van der Waals surface area contributed by atoms with Crippen LogP contribution in [-0.2, 0) is 0 Å². The fraction of sp³-hybridized carbons (Fsp3) is 0.222. The number of nitrogens with one attached hydrogen (secondary N) is 1. The summed E-state index contributed by atoms with van der Waals surface area (Å²) in [5.74, 6) is -0.295. The average Bonchev–Trinajstić information content (AvgIpc) is 2.10. The maximum atomic E-state index is 13.2. The third-order valence-electron chi connectivity index (χ3n) is 1.51. The van der Waals surface area contributed by atoms with Crippen LogP contribution in [0.1, 0.15) is 6.92 Å². The van der Waals surface area contributed by atoms with Crippen molar-refractivity contribution >= 4 is 23.0 Å². The topological polar surface area (TPSA) is 47.3 Å². The Morgan fingerprint density at radius 2 is 2.36 bits per heavy atom. The summed E-state index contributed by atoms with van der Waals surface area (Å²) in [5, 5.41) is 2.72. The molecule has 1 aromatic carbocycles. The second-order valence-electron chi connectivity index (χ2n) is 2.54. The van der Waals surface area contributed by atoms with Crippen molar-refractivity contribution in [1.29, 1.82) is 0 Å². The van der Waals surface area contributed by atoms with Gasteiger partial charge in [-0.15, -0.1) is 0 Å². The van der Waals surface area contributed by atoms with E-state index in [1.807, 2.05) is 0 Å². The van der Waals surface area contributed by atoms with E-state index < -0.39 is 5.82 Å². The maximum absolute atomic E-state index is 13.2. The Hall–Kier alpha value is -1.36. The van der Waals surface area contributed by atoms with E-state index in [1.54, 1.807) is 19.1 Å². The zero-order valence-corrected chi connectivity index (χ0v) is 8.53. The molecule has 0 spiro atoms. The van der Waals surface area contributed by atoms with Gasteiger partial charge in [0.2, 0.25) is 0 Å². The highest BCUT2D eigenvalue weighted by Crippen LogP contribution is 2.27. The van der Waals surface area contributed by atoms with Crippen LogP contribution in [0.2, 0.25) is 0 Å². The highest BCUT2D eigenvalue weighted by Gasteiger charge is 2.08. The fourth-order valence-corrected chi connectivity index (χ4v) is 1.14. The molecule has 0 unspecified atom stereocenters. The Balaban J connectivity index is 3.01. The maximum Gasteiger partial charge on any atom is 0.178 e. The van der Waals surface area contributed by atoms with Gasteiger partial charge in [0.1, 0.15) is 0 Å². The van der Waals surface area contributed by atoms with Gasteiger partial charge >= 0.3 is 0 Å². The molecule has 0 aliphatic carbocycles. The molecule has 14 heavy (non-hydrogen) atoms. The molecule has 3 nitrogen and oxygen atoms in total. The number of thiocarbonyl (C=S) groups is 1. The lowest BCUT2D eigenvalue weighted by Gasteiger charge is -2.11. The number of benzene rings is 1. The summed E-state index contributed by atoms with van der Waals surface area (Å²) in [7, 11) is 0. The molecule has 1 rings (SSSR count). The van der Waals surface area contributed by atoms with E-state index in [9.17, 15) is 4.39 Å². The van der Waals surface area contributed by atoms with Gasteiger partial charge in [-0.2, -0.15) is 0 Å². The number of nitrogens with two attached hydrogens (primary N) is 1. The summed E-state index contributed by atoms with van der Waals surface area (Å²) in [4.78, 5) is 0. The Labute approximate surface area is 87.1 Å². The molecule has 0 heterocycles. The highest BCUT2D eigenvalue weighted by atomic mass is 32.1. The monoisotopic (exact) mass is 214 g/mol. The lowest BCUT2D eigenvalue weighted by atomic mass is 10.3. The van der Waals surface area contributed by atoms with Crippen molar-refractivity contribution in [1.82, 2.24) is 0 Å². The fourth-order valence-electron chi connectivity index (χ4n) is 1.03. The van der Waals surface area contributed by atoms with Gasteiger partial charge in [-0.25, -0.2) is 4.39 Å². The molecule has 3 N–H and O–H groups in total. The van der Waals surface area contributed by atoms with Crippen molar-refractivity contribution in [2.75, 3.05) is 11.9 Å². The number of rotatable bonds is 3. The molecule has 0 bridgehead atoms. The van der Waals surface area contributed by atoms with E-state index in [0.29, 0.717) is 12.3 Å². The first-order valence-electron chi connectivity index (χ1n) is 4.13. The van der Waals surface area contributed by atoms with Crippen molar-refractivity contribution < 1.29 is 9.13 Å². The Kier molecular flexibility index (Phi) is 3.64. The van der Waals surface area contributed by atoms with E-state index in [2.05, 4.69) is 17.5 Å². The molecular weight excluding hydrogens is 203 g/mol. The van der Waals surface area contributed by atoms with Gasteiger partial charge in [-0.3, -0.25) is 0 Å². The predicted octanol–water partition coefficient (Wildman–Crippen LogP) is 1.88. The molecule has 0 radical (unpaired) electrons. The van der Waals surface area contributed by atoms with Crippen LogP contribution < -0.4 is 15.8 Å². The number of ether oxygens (including phenoxy) is 1. The van der Waals surface area contributed by atoms with Crippen LogP contribution in [0.5, 0.6) is 5.75 Å². The smallest absolute Gasteiger partial charge is 0.178 e. The summed E-state index contributed by atoms with van der Waals surface area (Å²) < 4.78 is 18.4. The van der Waals surface area contributed by atoms with Gasteiger partial charge in [0.25, 0.3) is 0 Å². The van der Waals surface area contributed by atoms with Crippen LogP contribution in [0, 0.1) is 5.82 Å². The van der Waals surface area contributed by atoms with Crippen molar-refractivity contribution in [3.05, 3.63) is 24.0 Å². The first-order valence-corrected chi connectivity index (χ1v) is 4.53. The van der Waals surface area contributed by atoms with Crippen LogP contribution in [0.25, 0.3) is 0 Å². The summed E-state index contributed by atoms with van der Waals surface area (Å²) >= 11 is 4.65. The Bertz CT molecular complexity index is 344. The van der Waals surface area contributed by atoms with Gasteiger partial charge in [-0.1, -0.05) is 6.07 Å². The average molecular weight is 214 g/mol. The molecule has 0 saturated heterocycles. The van der Waals surface area contributed by atoms with Gasteiger partial charge in [0.05, 0.1) is 12.3 Å². The minimum absolute atomic E-state index is 0.0801. The normalized spacial score (nSPS) is 9.57. The lowest BCUT2D eigenvalue weighted by molar-refractivity contribution is 0.323. The van der Waals surface area contributed by atoms with E-state index in [-0.39, 0.29) is 10.9 Å². The number of hydrogen-bond acceptors (Lipinski definition) is 2. The van der Waals surface area contributed by atoms with E-state index in [4.69, 9.17) is 10.5 Å². The van der Waals surface area contributed by atoms with Crippen molar-refractivity contribution in [2.24, 2.45) is 5.73 Å². The van der Waals surface area contributed by atoms with Crippen LogP contribution in [0.4, 0.5) is 10.1 Å². The largest absolute Gasteiger partial charge is 0.489 e. The van der Waals surface area contributed by atoms with E-state index >= 15 is 0 Å². The zero-order chi connectivity index (χ0) is 10.6. The van der Waals surface area contributed by atoms with Crippen LogP contribution in [0.15, 0.2) is 18.2 Å². The minimum atomic E-state index is -0.437. The van der Waals surface area contributed by atoms with Crippen molar-refractivity contribution in [3.8, 4) is 5.75 Å². The van der Waals surface area contributed by atoms with Crippen LogP contribution in [-0.4, -0.2) is 11.7 Å². The van der Waals surface area contributed by atoms with Crippen LogP contribution >= 0.6 is 12.2 Å². The minimum Gasteiger partial charge on any atom is -0.489 e. The van der Waals surface area contributed by atoms with Gasteiger partial charge < -0.3 is 15.8 Å². The molecule has 1 aromatic rings. The number of anilines is 1. The molecule has 0 aromatic heterocycles. The number of halogens is 1. The second kappa shape index (κ2) is 4.76.